The van der Waals surface area contributed by atoms with Crippen LogP contribution in [0.3, 0.4) is 0 Å². The van der Waals surface area contributed by atoms with Gasteiger partial charge in [0, 0.05) is 0 Å². The van der Waals surface area contributed by atoms with Gasteiger partial charge in [-0.05, 0) is 5.92 Å². The average molecular weight is 175 g/mol. The highest BCUT2D eigenvalue weighted by Crippen LogP contribution is 2.00. The number of nitrogens with two attached hydrogens (primary N) is 1. The molecule has 0 heterocycles. The van der Waals surface area contributed by atoms with Crippen LogP contribution < -0.4 is 16.6 Å². The Labute approximate surface area is 70.1 Å². The second kappa shape index (κ2) is 4.55. The third-order valence-corrected chi connectivity index (χ3v) is 1.37. The van der Waals surface area contributed by atoms with Crippen molar-refractivity contribution in [3.63, 3.8) is 0 Å². The van der Waals surface area contributed by atoms with Crippen LogP contribution in [-0.2, 0) is 4.79 Å². The van der Waals surface area contributed by atoms with Crippen molar-refractivity contribution >= 4 is 12.0 Å². The fourth-order valence-corrected chi connectivity index (χ4v) is 0.758. The van der Waals surface area contributed by atoms with Gasteiger partial charge in [-0.1, -0.05) is 13.8 Å². The molecule has 1 atom stereocenters. The Hall–Kier alpha value is -1.30. The van der Waals surface area contributed by atoms with E-state index in [1.54, 1.807) is 13.8 Å². The summed E-state index contributed by atoms with van der Waals surface area (Å²) >= 11 is 0. The molecule has 0 saturated heterocycles. The summed E-state index contributed by atoms with van der Waals surface area (Å²) in [5.41, 5.74) is 1.89. The fraction of sp³-hybridized carbons (Fsp3) is 0.667. The molecule has 0 aromatic carbocycles. The summed E-state index contributed by atoms with van der Waals surface area (Å²) in [6.45, 7) is 3.44. The molecule has 0 spiro atoms. The van der Waals surface area contributed by atoms with Crippen molar-refractivity contribution in [2.24, 2.45) is 11.8 Å². The minimum absolute atomic E-state index is 0.135. The first-order valence-electron chi connectivity index (χ1n) is 3.49. The van der Waals surface area contributed by atoms with Crippen LogP contribution in [0.4, 0.5) is 4.79 Å². The van der Waals surface area contributed by atoms with Crippen molar-refractivity contribution < 1.29 is 14.7 Å². The lowest BCUT2D eigenvalue weighted by Gasteiger charge is -2.18. The Balaban J connectivity index is 4.23. The molecule has 0 saturated carbocycles. The first-order valence-corrected chi connectivity index (χ1v) is 3.49. The van der Waals surface area contributed by atoms with E-state index in [2.05, 4.69) is 5.32 Å². The van der Waals surface area contributed by atoms with E-state index in [1.165, 1.54) is 0 Å². The van der Waals surface area contributed by atoms with Crippen LogP contribution in [0.15, 0.2) is 0 Å². The lowest BCUT2D eigenvalue weighted by molar-refractivity contribution is -0.124. The van der Waals surface area contributed by atoms with Crippen LogP contribution in [-0.4, -0.2) is 23.1 Å². The molecule has 5 N–H and O–H groups in total. The molecule has 0 aromatic heterocycles. The normalized spacial score (nSPS) is 12.3. The Morgan fingerprint density at radius 2 is 1.92 bits per heavy atom. The minimum Gasteiger partial charge on any atom is -0.465 e. The molecule has 70 valence electrons. The molecule has 0 aliphatic heterocycles. The Morgan fingerprint density at radius 3 is 2.17 bits per heavy atom. The third-order valence-electron chi connectivity index (χ3n) is 1.37. The zero-order valence-corrected chi connectivity index (χ0v) is 7.00. The highest BCUT2D eigenvalue weighted by Gasteiger charge is 2.22. The molecule has 0 aliphatic rings. The van der Waals surface area contributed by atoms with Gasteiger partial charge in [-0.3, -0.25) is 10.2 Å². The molecule has 6 nitrogen and oxygen atoms in total. The third kappa shape index (κ3) is 3.20. The van der Waals surface area contributed by atoms with Gasteiger partial charge in [0.05, 0.1) is 0 Å². The van der Waals surface area contributed by atoms with Crippen molar-refractivity contribution in [3.05, 3.63) is 0 Å². The van der Waals surface area contributed by atoms with Crippen LogP contribution in [0.2, 0.25) is 0 Å². The zero-order chi connectivity index (χ0) is 9.72. The van der Waals surface area contributed by atoms with Gasteiger partial charge in [-0.25, -0.2) is 10.6 Å². The highest BCUT2D eigenvalue weighted by molar-refractivity contribution is 5.84. The second-order valence-corrected chi connectivity index (χ2v) is 2.68. The lowest BCUT2D eigenvalue weighted by Crippen LogP contribution is -2.51. The average Bonchev–Trinajstić information content (AvgIpc) is 1.98. The summed E-state index contributed by atoms with van der Waals surface area (Å²) in [5, 5.41) is 10.4. The number of nitrogens with one attached hydrogen (secondary N) is 2. The van der Waals surface area contributed by atoms with E-state index < -0.39 is 18.0 Å². The summed E-state index contributed by atoms with van der Waals surface area (Å²) in [5.74, 6) is 4.18. The lowest BCUT2D eigenvalue weighted by atomic mass is 10.0. The summed E-state index contributed by atoms with van der Waals surface area (Å²) < 4.78 is 0. The fourth-order valence-electron chi connectivity index (χ4n) is 0.758. The Kier molecular flexibility index (Phi) is 4.06. The van der Waals surface area contributed by atoms with Crippen molar-refractivity contribution in [2.45, 2.75) is 19.9 Å². The minimum atomic E-state index is -1.24. The van der Waals surface area contributed by atoms with E-state index in [1.807, 2.05) is 5.43 Å². The number of amides is 2. The Morgan fingerprint density at radius 1 is 1.42 bits per heavy atom. The monoisotopic (exact) mass is 175 g/mol. The van der Waals surface area contributed by atoms with Crippen LogP contribution in [0, 0.1) is 5.92 Å². The number of rotatable bonds is 3. The molecule has 0 rings (SSSR count). The number of hydrogen-bond acceptors (Lipinski definition) is 3. The van der Waals surface area contributed by atoms with Gasteiger partial charge in [0.25, 0.3) is 5.91 Å². The van der Waals surface area contributed by atoms with E-state index in [-0.39, 0.29) is 5.92 Å². The molecule has 0 aromatic rings. The maximum Gasteiger partial charge on any atom is 0.405 e. The molecule has 2 amide bonds. The molecule has 6 heteroatoms. The first kappa shape index (κ1) is 10.7. The number of carboxylic acid groups (broad SMARTS) is 1. The topological polar surface area (TPSA) is 104 Å². The molecular weight excluding hydrogens is 162 g/mol. The van der Waals surface area contributed by atoms with E-state index in [0.29, 0.717) is 0 Å². The molecule has 0 radical (unpaired) electrons. The van der Waals surface area contributed by atoms with E-state index in [9.17, 15) is 9.59 Å². The SMILES string of the molecule is CC(C)[C@H](NC(=O)O)C(=O)NN. The van der Waals surface area contributed by atoms with Crippen LogP contribution in [0.1, 0.15) is 13.8 Å². The van der Waals surface area contributed by atoms with Gasteiger partial charge in [-0.2, -0.15) is 0 Å². The van der Waals surface area contributed by atoms with E-state index in [0.717, 1.165) is 0 Å². The largest absolute Gasteiger partial charge is 0.465 e. The summed E-state index contributed by atoms with van der Waals surface area (Å²) in [6.07, 6.45) is -1.24. The smallest absolute Gasteiger partial charge is 0.405 e. The molecule has 0 aliphatic carbocycles. The van der Waals surface area contributed by atoms with Gasteiger partial charge in [0.15, 0.2) is 0 Å². The number of carbonyl (C=O) groups excluding carboxylic acids is 1. The van der Waals surface area contributed by atoms with E-state index in [4.69, 9.17) is 10.9 Å². The number of hydrazine groups is 1. The predicted octanol–water partition coefficient (Wildman–Crippen LogP) is -0.731. The van der Waals surface area contributed by atoms with Crippen molar-refractivity contribution in [1.29, 1.82) is 0 Å². The molecule has 0 unspecified atom stereocenters. The number of carbonyl (C=O) groups is 2. The Bertz CT molecular complexity index is 181. The van der Waals surface area contributed by atoms with Gasteiger partial charge in [-0.15, -0.1) is 0 Å². The summed E-state index contributed by atoms with van der Waals surface area (Å²) in [7, 11) is 0. The molecule has 0 fully saturated rings. The second-order valence-electron chi connectivity index (χ2n) is 2.68. The molecule has 0 bridgehead atoms. The zero-order valence-electron chi connectivity index (χ0n) is 7.00. The molecule has 12 heavy (non-hydrogen) atoms. The van der Waals surface area contributed by atoms with Gasteiger partial charge in [0.2, 0.25) is 0 Å². The van der Waals surface area contributed by atoms with E-state index >= 15 is 0 Å². The standard InChI is InChI=1S/C6H13N3O3/c1-3(2)4(5(10)9-7)8-6(11)12/h3-4,8H,7H2,1-2H3,(H,9,10)(H,11,12)/t4-/m0/s1. The van der Waals surface area contributed by atoms with Gasteiger partial charge < -0.3 is 10.4 Å². The number of hydrogen-bond donors (Lipinski definition) is 4. The maximum absolute atomic E-state index is 10.9. The predicted molar refractivity (Wildman–Crippen MR) is 42.1 cm³/mol. The first-order chi connectivity index (χ1) is 5.49. The van der Waals surface area contributed by atoms with Crippen molar-refractivity contribution in [3.8, 4) is 0 Å². The van der Waals surface area contributed by atoms with Crippen molar-refractivity contribution in [1.82, 2.24) is 10.7 Å². The highest BCUT2D eigenvalue weighted by atomic mass is 16.4. The van der Waals surface area contributed by atoms with Crippen LogP contribution in [0.25, 0.3) is 0 Å². The summed E-state index contributed by atoms with van der Waals surface area (Å²) in [6, 6.07) is -0.799. The maximum atomic E-state index is 10.9. The summed E-state index contributed by atoms with van der Waals surface area (Å²) in [4.78, 5) is 21.1. The van der Waals surface area contributed by atoms with Crippen molar-refractivity contribution in [2.75, 3.05) is 0 Å². The molecular formula is C6H13N3O3. The van der Waals surface area contributed by atoms with Gasteiger partial charge >= 0.3 is 6.09 Å². The van der Waals surface area contributed by atoms with Gasteiger partial charge in [0.1, 0.15) is 6.04 Å². The quantitative estimate of drug-likeness (QED) is 0.258. The van der Waals surface area contributed by atoms with Crippen LogP contribution >= 0.6 is 0 Å². The van der Waals surface area contributed by atoms with Crippen LogP contribution in [0.5, 0.6) is 0 Å².